The van der Waals surface area contributed by atoms with Gasteiger partial charge in [-0.15, -0.1) is 0 Å². The van der Waals surface area contributed by atoms with Gasteiger partial charge in [-0.2, -0.15) is 0 Å². The quantitative estimate of drug-likeness (QED) is 0.144. The summed E-state index contributed by atoms with van der Waals surface area (Å²) in [5.41, 5.74) is 3.35. The molecular formula is C28H36N6O2. The van der Waals surface area contributed by atoms with Crippen molar-refractivity contribution in [3.8, 4) is 0 Å². The topological polar surface area (TPSA) is 114 Å². The van der Waals surface area contributed by atoms with E-state index in [1.54, 1.807) is 12.4 Å². The molecular weight excluding hydrogens is 452 g/mol. The molecule has 2 aromatic carbocycles. The smallest absolute Gasteiger partial charge is 0.253 e. The molecule has 8 heteroatoms. The summed E-state index contributed by atoms with van der Waals surface area (Å²) in [5, 5.41) is 14.8. The SMILES string of the molecule is O=C(NCCCNCCCCNCCCNC(=O)c1c[nH]c2ccccc12)c1c[nH]c2ccccc12. The first kappa shape index (κ1) is 25.5. The minimum absolute atomic E-state index is 0.0314. The lowest BCUT2D eigenvalue weighted by Crippen LogP contribution is -2.28. The molecule has 0 fully saturated rings. The molecule has 2 heterocycles. The fourth-order valence-corrected chi connectivity index (χ4v) is 4.29. The molecule has 0 unspecified atom stereocenters. The van der Waals surface area contributed by atoms with Gasteiger partial charge in [-0.3, -0.25) is 9.59 Å². The van der Waals surface area contributed by atoms with E-state index in [0.717, 1.165) is 73.7 Å². The van der Waals surface area contributed by atoms with E-state index in [1.807, 2.05) is 48.5 Å². The maximum Gasteiger partial charge on any atom is 0.253 e. The zero-order chi connectivity index (χ0) is 25.0. The number of benzene rings is 2. The second kappa shape index (κ2) is 13.5. The number of carbonyl (C=O) groups excluding carboxylic acids is 2. The van der Waals surface area contributed by atoms with Crippen LogP contribution in [0.15, 0.2) is 60.9 Å². The van der Waals surface area contributed by atoms with Gasteiger partial charge in [0.15, 0.2) is 0 Å². The summed E-state index contributed by atoms with van der Waals surface area (Å²) in [7, 11) is 0. The molecule has 4 rings (SSSR count). The molecule has 2 amide bonds. The molecule has 6 N–H and O–H groups in total. The minimum atomic E-state index is -0.0314. The number of aromatic amines is 2. The minimum Gasteiger partial charge on any atom is -0.360 e. The first-order valence-electron chi connectivity index (χ1n) is 12.8. The summed E-state index contributed by atoms with van der Waals surface area (Å²) in [6.07, 6.45) is 7.55. The van der Waals surface area contributed by atoms with Gasteiger partial charge in [0.2, 0.25) is 0 Å². The van der Waals surface area contributed by atoms with E-state index in [1.165, 1.54) is 0 Å². The Balaban J connectivity index is 0.951. The van der Waals surface area contributed by atoms with Gasteiger partial charge in [0.1, 0.15) is 0 Å². The number of rotatable bonds is 15. The number of nitrogens with one attached hydrogen (secondary N) is 6. The van der Waals surface area contributed by atoms with Crippen LogP contribution >= 0.6 is 0 Å². The number of carbonyl (C=O) groups is 2. The molecule has 2 aromatic heterocycles. The average Bonchev–Trinajstić information content (AvgIpc) is 3.53. The van der Waals surface area contributed by atoms with Crippen molar-refractivity contribution in [3.05, 3.63) is 72.1 Å². The lowest BCUT2D eigenvalue weighted by Gasteiger charge is -2.08. The van der Waals surface area contributed by atoms with Crippen LogP contribution in [-0.2, 0) is 0 Å². The number of fused-ring (bicyclic) bond motifs is 2. The second-order valence-corrected chi connectivity index (χ2v) is 8.92. The van der Waals surface area contributed by atoms with Crippen molar-refractivity contribution in [1.29, 1.82) is 0 Å². The Bertz CT molecular complexity index is 1160. The van der Waals surface area contributed by atoms with Crippen LogP contribution in [0.1, 0.15) is 46.4 Å². The van der Waals surface area contributed by atoms with Crippen LogP contribution in [0.2, 0.25) is 0 Å². The van der Waals surface area contributed by atoms with Crippen molar-refractivity contribution < 1.29 is 9.59 Å². The second-order valence-electron chi connectivity index (χ2n) is 8.92. The first-order chi connectivity index (χ1) is 17.7. The van der Waals surface area contributed by atoms with Crippen molar-refractivity contribution in [2.75, 3.05) is 39.3 Å². The molecule has 0 saturated heterocycles. The van der Waals surface area contributed by atoms with Crippen molar-refractivity contribution >= 4 is 33.6 Å². The third kappa shape index (κ3) is 6.96. The third-order valence-electron chi connectivity index (χ3n) is 6.26. The van der Waals surface area contributed by atoms with Gasteiger partial charge in [0.05, 0.1) is 11.1 Å². The monoisotopic (exact) mass is 488 g/mol. The van der Waals surface area contributed by atoms with Crippen LogP contribution in [-0.4, -0.2) is 61.1 Å². The van der Waals surface area contributed by atoms with Gasteiger partial charge >= 0.3 is 0 Å². The molecule has 4 aromatic rings. The van der Waals surface area contributed by atoms with E-state index >= 15 is 0 Å². The number of unbranched alkanes of at least 4 members (excludes halogenated alkanes) is 1. The highest BCUT2D eigenvalue weighted by atomic mass is 16.2. The molecule has 0 radical (unpaired) electrons. The Labute approximate surface area is 211 Å². The maximum absolute atomic E-state index is 12.4. The number of hydrogen-bond donors (Lipinski definition) is 6. The van der Waals surface area contributed by atoms with Gasteiger partial charge in [0.25, 0.3) is 11.8 Å². The molecule has 0 aliphatic rings. The van der Waals surface area contributed by atoms with Crippen LogP contribution in [0.4, 0.5) is 0 Å². The standard InChI is InChI=1S/C28H36N6O2/c35-27(23-19-33-25-11-3-1-9-21(23)25)31-17-7-15-29-13-5-6-14-30-16-8-18-32-28(36)24-20-34-26-12-4-2-10-22(24)26/h1-4,9-12,19-20,29-30,33-34H,5-8,13-18H2,(H,31,35)(H,32,36). The largest absolute Gasteiger partial charge is 0.360 e. The Morgan fingerprint density at radius 2 is 0.972 bits per heavy atom. The Kier molecular flexibility index (Phi) is 9.53. The summed E-state index contributed by atoms with van der Waals surface area (Å²) >= 11 is 0. The fraction of sp³-hybridized carbons (Fsp3) is 0.357. The Hall–Kier alpha value is -3.62. The number of para-hydroxylation sites is 2. The first-order valence-corrected chi connectivity index (χ1v) is 12.8. The highest BCUT2D eigenvalue weighted by molar-refractivity contribution is 6.07. The molecule has 0 saturated carbocycles. The lowest BCUT2D eigenvalue weighted by atomic mass is 10.1. The van der Waals surface area contributed by atoms with Crippen LogP contribution in [0.25, 0.3) is 21.8 Å². The van der Waals surface area contributed by atoms with Crippen molar-refractivity contribution in [3.63, 3.8) is 0 Å². The fourth-order valence-electron chi connectivity index (χ4n) is 4.29. The van der Waals surface area contributed by atoms with E-state index < -0.39 is 0 Å². The van der Waals surface area contributed by atoms with Crippen LogP contribution in [0.5, 0.6) is 0 Å². The predicted molar refractivity (Wildman–Crippen MR) is 145 cm³/mol. The number of amides is 2. The average molecular weight is 489 g/mol. The Morgan fingerprint density at radius 1 is 0.556 bits per heavy atom. The molecule has 190 valence electrons. The molecule has 8 nitrogen and oxygen atoms in total. The van der Waals surface area contributed by atoms with Crippen LogP contribution in [0.3, 0.4) is 0 Å². The number of aromatic nitrogens is 2. The highest BCUT2D eigenvalue weighted by Crippen LogP contribution is 2.18. The van der Waals surface area contributed by atoms with Gasteiger partial charge in [-0.1, -0.05) is 36.4 Å². The van der Waals surface area contributed by atoms with Gasteiger partial charge in [-0.05, 0) is 64.0 Å². The Morgan fingerprint density at radius 3 is 1.44 bits per heavy atom. The third-order valence-corrected chi connectivity index (χ3v) is 6.26. The number of hydrogen-bond acceptors (Lipinski definition) is 4. The molecule has 0 atom stereocenters. The van der Waals surface area contributed by atoms with Crippen molar-refractivity contribution in [1.82, 2.24) is 31.2 Å². The molecule has 36 heavy (non-hydrogen) atoms. The van der Waals surface area contributed by atoms with Crippen LogP contribution < -0.4 is 21.3 Å². The van der Waals surface area contributed by atoms with E-state index in [-0.39, 0.29) is 11.8 Å². The predicted octanol–water partition coefficient (Wildman–Crippen LogP) is 3.55. The summed E-state index contributed by atoms with van der Waals surface area (Å²) in [4.78, 5) is 31.0. The summed E-state index contributed by atoms with van der Waals surface area (Å²) in [6.45, 7) is 5.03. The maximum atomic E-state index is 12.4. The van der Waals surface area contributed by atoms with Crippen molar-refractivity contribution in [2.24, 2.45) is 0 Å². The van der Waals surface area contributed by atoms with Gasteiger partial charge in [0, 0.05) is 47.3 Å². The summed E-state index contributed by atoms with van der Waals surface area (Å²) in [5.74, 6) is -0.0629. The molecule has 0 bridgehead atoms. The normalized spacial score (nSPS) is 11.2. The lowest BCUT2D eigenvalue weighted by molar-refractivity contribution is 0.0946. The zero-order valence-corrected chi connectivity index (χ0v) is 20.7. The molecule has 0 aliphatic heterocycles. The van der Waals surface area contributed by atoms with E-state index in [4.69, 9.17) is 0 Å². The van der Waals surface area contributed by atoms with E-state index in [0.29, 0.717) is 24.2 Å². The van der Waals surface area contributed by atoms with E-state index in [2.05, 4.69) is 31.2 Å². The molecule has 0 spiro atoms. The zero-order valence-electron chi connectivity index (χ0n) is 20.7. The van der Waals surface area contributed by atoms with E-state index in [9.17, 15) is 9.59 Å². The summed E-state index contributed by atoms with van der Waals surface area (Å²) in [6, 6.07) is 15.7. The van der Waals surface area contributed by atoms with Gasteiger partial charge < -0.3 is 31.2 Å². The summed E-state index contributed by atoms with van der Waals surface area (Å²) < 4.78 is 0. The van der Waals surface area contributed by atoms with Crippen molar-refractivity contribution in [2.45, 2.75) is 25.7 Å². The molecule has 0 aliphatic carbocycles. The highest BCUT2D eigenvalue weighted by Gasteiger charge is 2.11. The van der Waals surface area contributed by atoms with Gasteiger partial charge in [-0.25, -0.2) is 0 Å². The van der Waals surface area contributed by atoms with Crippen LogP contribution in [0, 0.1) is 0 Å². The number of H-pyrrole nitrogens is 2.